The molecule has 1 fully saturated rings. The predicted molar refractivity (Wildman–Crippen MR) is 134 cm³/mol. The molecule has 0 spiro atoms. The number of aliphatic imine (C=N–C) groups is 1. The number of hydrogen-bond donors (Lipinski definition) is 3. The summed E-state index contributed by atoms with van der Waals surface area (Å²) in [5.41, 5.74) is 2.72. The minimum atomic E-state index is -0.788. The molecule has 0 aliphatic carbocycles. The number of ether oxygens (including phenoxy) is 1. The average molecular weight is 482 g/mol. The van der Waals surface area contributed by atoms with Gasteiger partial charge in [-0.2, -0.15) is 0 Å². The number of aliphatic hydroxyl groups excluding tert-OH is 1. The molecule has 2 aliphatic rings. The Morgan fingerprint density at radius 1 is 1.21 bits per heavy atom. The van der Waals surface area contributed by atoms with Crippen molar-refractivity contribution in [3.05, 3.63) is 58.6 Å². The van der Waals surface area contributed by atoms with E-state index >= 15 is 0 Å². The van der Waals surface area contributed by atoms with Gasteiger partial charge in [0, 0.05) is 29.2 Å². The second kappa shape index (κ2) is 9.95. The normalized spacial score (nSPS) is 18.8. The molecule has 34 heavy (non-hydrogen) atoms. The van der Waals surface area contributed by atoms with Crippen LogP contribution in [0.15, 0.2) is 47.5 Å². The number of amides is 1. The van der Waals surface area contributed by atoms with E-state index in [0.717, 1.165) is 5.56 Å². The summed E-state index contributed by atoms with van der Waals surface area (Å²) in [5, 5.41) is 27.7. The lowest BCUT2D eigenvalue weighted by Crippen LogP contribution is -2.45. The molecule has 1 amide bonds. The van der Waals surface area contributed by atoms with Gasteiger partial charge in [0.1, 0.15) is 23.5 Å². The first kappa shape index (κ1) is 23.9. The Morgan fingerprint density at radius 3 is 2.50 bits per heavy atom. The number of carbonyl (C=O) groups excluding carboxylic acids is 1. The Kier molecular flexibility index (Phi) is 7.00. The molecular weight excluding hydrogens is 454 g/mol. The Balaban J connectivity index is 1.80. The first-order valence-corrected chi connectivity index (χ1v) is 11.6. The van der Waals surface area contributed by atoms with Gasteiger partial charge in [0.05, 0.1) is 31.0 Å². The SMILES string of the molecule is COc1ccc2c(c1)C(c1ccc(Cl)cc1)=NC(CC(=O)N1CCC(O)CC1)C(=N)N2C(C)=N. The number of carbonyl (C=O) groups is 1. The number of aliphatic hydroxyl groups is 1. The second-order valence-corrected chi connectivity index (χ2v) is 8.94. The van der Waals surface area contributed by atoms with Gasteiger partial charge in [-0.3, -0.25) is 25.5 Å². The zero-order valence-electron chi connectivity index (χ0n) is 19.2. The van der Waals surface area contributed by atoms with E-state index in [1.807, 2.05) is 24.3 Å². The molecule has 0 saturated carbocycles. The number of hydrogen-bond acceptors (Lipinski definition) is 6. The number of amidine groups is 2. The highest BCUT2D eigenvalue weighted by Gasteiger charge is 2.33. The van der Waals surface area contributed by atoms with Gasteiger partial charge in [-0.25, -0.2) is 0 Å². The standard InChI is InChI=1S/C25H28ClN5O3/c1-15(27)31-22-8-7-19(34-2)13-20(22)24(16-3-5-17(26)6-4-16)29-21(25(31)28)14-23(33)30-11-9-18(32)10-12-30/h3-8,13,18,21,27-28,32H,9-12,14H2,1-2H3. The highest BCUT2D eigenvalue weighted by Crippen LogP contribution is 2.33. The molecule has 0 aromatic heterocycles. The largest absolute Gasteiger partial charge is 0.497 e. The van der Waals surface area contributed by atoms with Crippen LogP contribution in [0.3, 0.4) is 0 Å². The van der Waals surface area contributed by atoms with E-state index in [1.165, 1.54) is 4.90 Å². The molecule has 0 bridgehead atoms. The number of likely N-dealkylation sites (tertiary alicyclic amines) is 1. The van der Waals surface area contributed by atoms with E-state index in [2.05, 4.69) is 0 Å². The van der Waals surface area contributed by atoms with Gasteiger partial charge in [-0.05, 0) is 50.1 Å². The van der Waals surface area contributed by atoms with E-state index in [4.69, 9.17) is 32.1 Å². The minimum absolute atomic E-state index is 0.000914. The van der Waals surface area contributed by atoms with Crippen molar-refractivity contribution in [3.8, 4) is 5.75 Å². The number of nitrogens with zero attached hydrogens (tertiary/aromatic N) is 3. The molecule has 2 aromatic carbocycles. The van der Waals surface area contributed by atoms with E-state index in [0.29, 0.717) is 53.7 Å². The van der Waals surface area contributed by atoms with Crippen LogP contribution in [0.25, 0.3) is 0 Å². The van der Waals surface area contributed by atoms with Crippen molar-refractivity contribution in [1.82, 2.24) is 4.90 Å². The molecule has 2 aromatic rings. The van der Waals surface area contributed by atoms with Crippen molar-refractivity contribution in [2.45, 2.75) is 38.3 Å². The average Bonchev–Trinajstić information content (AvgIpc) is 2.94. The Labute approximate surface area is 203 Å². The lowest BCUT2D eigenvalue weighted by molar-refractivity contribution is -0.133. The fraction of sp³-hybridized carbons (Fsp3) is 0.360. The Bertz CT molecular complexity index is 1140. The molecule has 2 heterocycles. The van der Waals surface area contributed by atoms with Crippen LogP contribution < -0.4 is 9.64 Å². The third-order valence-corrected chi connectivity index (χ3v) is 6.43. The van der Waals surface area contributed by atoms with Crippen LogP contribution in [0.1, 0.15) is 37.3 Å². The van der Waals surface area contributed by atoms with Crippen molar-refractivity contribution in [1.29, 1.82) is 10.8 Å². The highest BCUT2D eigenvalue weighted by atomic mass is 35.5. The number of fused-ring (bicyclic) bond motifs is 1. The van der Waals surface area contributed by atoms with Gasteiger partial charge in [0.25, 0.3) is 0 Å². The summed E-state index contributed by atoms with van der Waals surface area (Å²) in [6.45, 7) is 2.58. The summed E-state index contributed by atoms with van der Waals surface area (Å²) < 4.78 is 5.44. The van der Waals surface area contributed by atoms with E-state index in [-0.39, 0.29) is 30.1 Å². The van der Waals surface area contributed by atoms with Gasteiger partial charge in [-0.1, -0.05) is 23.7 Å². The maximum Gasteiger partial charge on any atom is 0.225 e. The summed E-state index contributed by atoms with van der Waals surface area (Å²) in [4.78, 5) is 21.3. The molecule has 1 saturated heterocycles. The third kappa shape index (κ3) is 4.83. The van der Waals surface area contributed by atoms with Crippen LogP contribution in [-0.2, 0) is 4.79 Å². The molecule has 3 N–H and O–H groups in total. The number of methoxy groups -OCH3 is 1. The van der Waals surface area contributed by atoms with Crippen molar-refractivity contribution in [2.24, 2.45) is 4.99 Å². The topological polar surface area (TPSA) is 113 Å². The first-order chi connectivity index (χ1) is 16.3. The maximum atomic E-state index is 13.1. The monoisotopic (exact) mass is 481 g/mol. The summed E-state index contributed by atoms with van der Waals surface area (Å²) in [7, 11) is 1.58. The van der Waals surface area contributed by atoms with Crippen LogP contribution in [0.2, 0.25) is 5.02 Å². The molecule has 1 unspecified atom stereocenters. The van der Waals surface area contributed by atoms with Crippen LogP contribution in [0.5, 0.6) is 5.75 Å². The fourth-order valence-corrected chi connectivity index (χ4v) is 4.47. The molecule has 4 rings (SSSR count). The summed E-state index contributed by atoms with van der Waals surface area (Å²) in [6.07, 6.45) is 0.713. The smallest absolute Gasteiger partial charge is 0.225 e. The highest BCUT2D eigenvalue weighted by molar-refractivity contribution is 6.31. The van der Waals surface area contributed by atoms with Crippen LogP contribution in [-0.4, -0.2) is 65.6 Å². The van der Waals surface area contributed by atoms with Crippen molar-refractivity contribution in [2.75, 3.05) is 25.1 Å². The fourth-order valence-electron chi connectivity index (χ4n) is 4.34. The quantitative estimate of drug-likeness (QED) is 0.456. The first-order valence-electron chi connectivity index (χ1n) is 11.2. The van der Waals surface area contributed by atoms with Gasteiger partial charge < -0.3 is 14.7 Å². The van der Waals surface area contributed by atoms with Crippen LogP contribution in [0.4, 0.5) is 5.69 Å². The zero-order chi connectivity index (χ0) is 24.4. The zero-order valence-corrected chi connectivity index (χ0v) is 20.0. The number of benzodiazepines with no additional fused rings is 1. The molecule has 2 aliphatic heterocycles. The van der Waals surface area contributed by atoms with Crippen molar-refractivity contribution in [3.63, 3.8) is 0 Å². The van der Waals surface area contributed by atoms with E-state index in [1.54, 1.807) is 37.1 Å². The Hall–Kier alpha value is -3.23. The van der Waals surface area contributed by atoms with E-state index in [9.17, 15) is 9.90 Å². The number of anilines is 1. The van der Waals surface area contributed by atoms with Gasteiger partial charge in [-0.15, -0.1) is 0 Å². The summed E-state index contributed by atoms with van der Waals surface area (Å²) in [6, 6.07) is 11.9. The molecule has 178 valence electrons. The molecule has 1 atom stereocenters. The van der Waals surface area contributed by atoms with Gasteiger partial charge >= 0.3 is 0 Å². The molecule has 0 radical (unpaired) electrons. The second-order valence-electron chi connectivity index (χ2n) is 8.51. The Morgan fingerprint density at radius 2 is 1.88 bits per heavy atom. The molecule has 9 heteroatoms. The number of piperidine rings is 1. The van der Waals surface area contributed by atoms with Crippen LogP contribution >= 0.6 is 11.6 Å². The van der Waals surface area contributed by atoms with Gasteiger partial charge in [0.15, 0.2) is 0 Å². The summed E-state index contributed by atoms with van der Waals surface area (Å²) in [5.74, 6) is 0.721. The van der Waals surface area contributed by atoms with Crippen LogP contribution in [0, 0.1) is 10.8 Å². The number of halogens is 1. The lowest BCUT2D eigenvalue weighted by atomic mass is 9.99. The van der Waals surface area contributed by atoms with Gasteiger partial charge in [0.2, 0.25) is 5.91 Å². The minimum Gasteiger partial charge on any atom is -0.497 e. The number of nitrogens with one attached hydrogen (secondary N) is 2. The van der Waals surface area contributed by atoms with E-state index < -0.39 is 6.04 Å². The number of benzene rings is 2. The molecular formula is C25H28ClN5O3. The lowest BCUT2D eigenvalue weighted by Gasteiger charge is -2.31. The maximum absolute atomic E-state index is 13.1. The third-order valence-electron chi connectivity index (χ3n) is 6.18. The summed E-state index contributed by atoms with van der Waals surface area (Å²) >= 11 is 6.11. The van der Waals surface area contributed by atoms with Crippen molar-refractivity contribution < 1.29 is 14.6 Å². The predicted octanol–water partition coefficient (Wildman–Crippen LogP) is 3.72. The number of rotatable bonds is 4. The van der Waals surface area contributed by atoms with Crippen molar-refractivity contribution >= 4 is 40.6 Å². The molecule has 8 nitrogen and oxygen atoms in total.